The lowest BCUT2D eigenvalue weighted by Gasteiger charge is -2.37. The molecule has 0 saturated heterocycles. The molecule has 1 fully saturated rings. The summed E-state index contributed by atoms with van der Waals surface area (Å²) in [5.74, 6) is -0.0944. The molecule has 1 aromatic carbocycles. The van der Waals surface area contributed by atoms with Crippen LogP contribution in [0.5, 0.6) is 0 Å². The van der Waals surface area contributed by atoms with Gasteiger partial charge in [-0.15, -0.1) is 5.10 Å². The van der Waals surface area contributed by atoms with Gasteiger partial charge in [0, 0.05) is 6.42 Å². The van der Waals surface area contributed by atoms with E-state index in [9.17, 15) is 13.9 Å². The number of aromatic nitrogens is 6. The topological polar surface area (TPSA) is 100 Å². The Morgan fingerprint density at radius 2 is 1.81 bits per heavy atom. The van der Waals surface area contributed by atoms with E-state index in [-0.39, 0.29) is 22.6 Å². The minimum Gasteiger partial charge on any atom is -0.393 e. The third-order valence-corrected chi connectivity index (χ3v) is 8.04. The maximum absolute atomic E-state index is 14.5. The third-order valence-electron chi connectivity index (χ3n) is 8.04. The molecule has 0 unspecified atom stereocenters. The van der Waals surface area contributed by atoms with E-state index < -0.39 is 23.2 Å². The monoisotopic (exact) mass is 488 g/mol. The summed E-state index contributed by atoms with van der Waals surface area (Å²) in [5.41, 5.74) is 2.63. The van der Waals surface area contributed by atoms with E-state index in [2.05, 4.69) is 39.2 Å². The second kappa shape index (κ2) is 7.96. The molecule has 2 N–H and O–H groups in total. The molecule has 7 nitrogen and oxygen atoms in total. The van der Waals surface area contributed by atoms with Crippen LogP contribution < -0.4 is 0 Å². The van der Waals surface area contributed by atoms with Gasteiger partial charge in [-0.3, -0.25) is 5.10 Å². The van der Waals surface area contributed by atoms with Crippen LogP contribution in [0.2, 0.25) is 0 Å². The van der Waals surface area contributed by atoms with Crippen molar-refractivity contribution in [3.8, 4) is 22.8 Å². The highest BCUT2D eigenvalue weighted by atomic mass is 19.1. The minimum absolute atomic E-state index is 0.152. The molecule has 0 radical (unpaired) electrons. The number of aromatic amines is 1. The van der Waals surface area contributed by atoms with Crippen molar-refractivity contribution >= 4 is 0 Å². The van der Waals surface area contributed by atoms with Gasteiger partial charge in [-0.05, 0) is 67.0 Å². The Morgan fingerprint density at radius 3 is 2.56 bits per heavy atom. The Kier molecular flexibility index (Phi) is 5.05. The fourth-order valence-electron chi connectivity index (χ4n) is 6.33. The van der Waals surface area contributed by atoms with Crippen molar-refractivity contribution < 1.29 is 13.9 Å². The number of pyridine rings is 1. The van der Waals surface area contributed by atoms with Gasteiger partial charge in [0.2, 0.25) is 0 Å². The summed E-state index contributed by atoms with van der Waals surface area (Å²) in [6.45, 7) is 6.11. The smallest absolute Gasteiger partial charge is 0.174 e. The second-order valence-corrected chi connectivity index (χ2v) is 10.4. The lowest BCUT2D eigenvalue weighted by Crippen LogP contribution is -2.37. The Balaban J connectivity index is 1.46. The Hall–Kier alpha value is -3.59. The fraction of sp³-hybridized carbons (Fsp3) is 0.370. The average molecular weight is 489 g/mol. The summed E-state index contributed by atoms with van der Waals surface area (Å²) in [5, 5.41) is 25.7. The van der Waals surface area contributed by atoms with Crippen molar-refractivity contribution in [2.45, 2.75) is 57.5 Å². The van der Waals surface area contributed by atoms with Crippen LogP contribution in [0.3, 0.4) is 0 Å². The van der Waals surface area contributed by atoms with Crippen LogP contribution in [-0.2, 0) is 11.8 Å². The van der Waals surface area contributed by atoms with Crippen LogP contribution in [-0.4, -0.2) is 41.6 Å². The molecule has 3 aromatic heterocycles. The lowest BCUT2D eigenvalue weighted by molar-refractivity contribution is 0.193. The van der Waals surface area contributed by atoms with Crippen LogP contribution in [0.1, 0.15) is 62.3 Å². The molecule has 0 spiro atoms. The normalized spacial score (nSPS) is 22.6. The van der Waals surface area contributed by atoms with E-state index in [1.165, 1.54) is 18.2 Å². The number of H-pyrrole nitrogens is 1. The highest BCUT2D eigenvalue weighted by Crippen LogP contribution is 2.69. The Morgan fingerprint density at radius 1 is 1.06 bits per heavy atom. The van der Waals surface area contributed by atoms with Crippen LogP contribution >= 0.6 is 0 Å². The van der Waals surface area contributed by atoms with Crippen molar-refractivity contribution in [2.75, 3.05) is 0 Å². The van der Waals surface area contributed by atoms with Gasteiger partial charge < -0.3 is 5.11 Å². The first-order valence-electron chi connectivity index (χ1n) is 12.1. The number of halogens is 2. The molecule has 36 heavy (non-hydrogen) atoms. The average Bonchev–Trinajstić information content (AvgIpc) is 3.46. The predicted molar refractivity (Wildman–Crippen MR) is 129 cm³/mol. The summed E-state index contributed by atoms with van der Waals surface area (Å²) in [4.78, 5) is 9.51. The minimum atomic E-state index is -0.655. The largest absolute Gasteiger partial charge is 0.393 e. The predicted octanol–water partition coefficient (Wildman–Crippen LogP) is 4.73. The van der Waals surface area contributed by atoms with Gasteiger partial charge >= 0.3 is 0 Å². The molecular weight excluding hydrogens is 462 g/mol. The molecule has 2 aliphatic rings. The van der Waals surface area contributed by atoms with Gasteiger partial charge in [0.1, 0.15) is 17.3 Å². The van der Waals surface area contributed by atoms with Crippen LogP contribution in [0.4, 0.5) is 8.78 Å². The van der Waals surface area contributed by atoms with Crippen LogP contribution in [0, 0.1) is 17.0 Å². The summed E-state index contributed by atoms with van der Waals surface area (Å²) in [6, 6.07) is 11.4. The Bertz CT molecular complexity index is 1460. The zero-order valence-corrected chi connectivity index (χ0v) is 20.3. The first-order valence-corrected chi connectivity index (χ1v) is 12.1. The molecule has 3 atom stereocenters. The van der Waals surface area contributed by atoms with Crippen molar-refractivity contribution in [3.63, 3.8) is 0 Å². The van der Waals surface area contributed by atoms with E-state index in [4.69, 9.17) is 4.98 Å². The summed E-state index contributed by atoms with van der Waals surface area (Å²) >= 11 is 0. The lowest BCUT2D eigenvalue weighted by atomic mass is 9.66. The standard InChI is InChI=1S/C27H26F2N6O/c1-14(36)12-22-31-25(35-33-22)19-8-5-9-21(30-19)27-11-10-16(26(27,2)3)15-13-20(32-34-24(15)27)23-17(28)6-4-7-18(23)29/h4-9,13-14,16,36H,10-12H2,1-3H3,(H,31,33,35)/t14-,16+,27-/m1/s1. The van der Waals surface area contributed by atoms with E-state index in [0.29, 0.717) is 23.8 Å². The summed E-state index contributed by atoms with van der Waals surface area (Å²) in [7, 11) is 0. The highest BCUT2D eigenvalue weighted by molar-refractivity contribution is 5.64. The molecule has 0 aliphatic heterocycles. The van der Waals surface area contributed by atoms with Gasteiger partial charge in [-0.2, -0.15) is 10.2 Å². The first kappa shape index (κ1) is 22.8. The quantitative estimate of drug-likeness (QED) is 0.421. The molecule has 3 heterocycles. The Labute approximate surface area is 207 Å². The number of fused-ring (bicyclic) bond motifs is 5. The SMILES string of the molecule is C[C@@H](O)Cc1n[nH]c(-c2cccc([C@]34CC[C@@H](c5cc(-c6c(F)cccc6F)nnc53)C4(C)C)n2)n1. The van der Waals surface area contributed by atoms with Gasteiger partial charge in [0.25, 0.3) is 0 Å². The number of hydrogen-bond acceptors (Lipinski definition) is 6. The van der Waals surface area contributed by atoms with Gasteiger partial charge in [0.15, 0.2) is 11.6 Å². The summed E-state index contributed by atoms with van der Waals surface area (Å²) in [6.07, 6.45) is 1.57. The number of benzene rings is 1. The number of aliphatic hydroxyl groups is 1. The number of aliphatic hydroxyl groups excluding tert-OH is 1. The molecule has 2 bridgehead atoms. The zero-order valence-electron chi connectivity index (χ0n) is 20.3. The molecule has 184 valence electrons. The maximum Gasteiger partial charge on any atom is 0.174 e. The van der Waals surface area contributed by atoms with E-state index in [1.54, 1.807) is 13.0 Å². The zero-order chi connectivity index (χ0) is 25.2. The highest BCUT2D eigenvalue weighted by Gasteiger charge is 2.65. The van der Waals surface area contributed by atoms with Crippen LogP contribution in [0.15, 0.2) is 42.5 Å². The van der Waals surface area contributed by atoms with Gasteiger partial charge in [-0.1, -0.05) is 26.0 Å². The molecule has 2 aliphatic carbocycles. The number of rotatable bonds is 5. The van der Waals surface area contributed by atoms with E-state index in [0.717, 1.165) is 29.8 Å². The molecular formula is C27H26F2N6O. The van der Waals surface area contributed by atoms with Crippen molar-refractivity contribution in [1.29, 1.82) is 0 Å². The van der Waals surface area contributed by atoms with E-state index in [1.807, 2.05) is 18.2 Å². The number of hydrogen-bond donors (Lipinski definition) is 2. The first-order chi connectivity index (χ1) is 17.2. The molecule has 6 rings (SSSR count). The third kappa shape index (κ3) is 3.15. The van der Waals surface area contributed by atoms with Crippen LogP contribution in [0.25, 0.3) is 22.8 Å². The van der Waals surface area contributed by atoms with Crippen molar-refractivity contribution in [2.24, 2.45) is 5.41 Å². The second-order valence-electron chi connectivity index (χ2n) is 10.4. The molecule has 0 amide bonds. The fourth-order valence-corrected chi connectivity index (χ4v) is 6.33. The van der Waals surface area contributed by atoms with Gasteiger partial charge in [0.05, 0.1) is 34.2 Å². The maximum atomic E-state index is 14.5. The molecule has 9 heteroatoms. The molecule has 4 aromatic rings. The summed E-state index contributed by atoms with van der Waals surface area (Å²) < 4.78 is 29.0. The van der Waals surface area contributed by atoms with E-state index >= 15 is 0 Å². The van der Waals surface area contributed by atoms with Gasteiger partial charge in [-0.25, -0.2) is 18.7 Å². The molecule has 1 saturated carbocycles. The number of nitrogens with one attached hydrogen (secondary N) is 1. The van der Waals surface area contributed by atoms with Crippen molar-refractivity contribution in [1.82, 2.24) is 30.4 Å². The van der Waals surface area contributed by atoms with Crippen molar-refractivity contribution in [3.05, 3.63) is 76.9 Å². The number of nitrogens with zero attached hydrogens (tertiary/aromatic N) is 5.